The lowest BCUT2D eigenvalue weighted by atomic mass is 9.86. The average Bonchev–Trinajstić information content (AvgIpc) is 2.88. The van der Waals surface area contributed by atoms with E-state index in [9.17, 15) is 0 Å². The number of halogens is 1. The zero-order chi connectivity index (χ0) is 11.6. The Kier molecular flexibility index (Phi) is 3.64. The van der Waals surface area contributed by atoms with Crippen molar-refractivity contribution < 1.29 is 4.74 Å². The van der Waals surface area contributed by atoms with Crippen LogP contribution in [0.4, 0.5) is 0 Å². The van der Waals surface area contributed by atoms with E-state index in [1.807, 2.05) is 4.68 Å². The first-order chi connectivity index (χ1) is 7.67. The zero-order valence-corrected chi connectivity index (χ0v) is 11.4. The van der Waals surface area contributed by atoms with Gasteiger partial charge in [0.15, 0.2) is 0 Å². The van der Waals surface area contributed by atoms with E-state index < -0.39 is 0 Å². The van der Waals surface area contributed by atoms with Crippen molar-refractivity contribution in [1.29, 1.82) is 0 Å². The van der Waals surface area contributed by atoms with Crippen molar-refractivity contribution in [2.45, 2.75) is 32.7 Å². The molecule has 1 unspecified atom stereocenters. The molecule has 5 heteroatoms. The monoisotopic (exact) mass is 287 g/mol. The van der Waals surface area contributed by atoms with Crippen LogP contribution in [0.1, 0.15) is 32.1 Å². The number of hydrogen-bond acceptors (Lipinski definition) is 3. The van der Waals surface area contributed by atoms with Gasteiger partial charge in [-0.15, -0.1) is 0 Å². The lowest BCUT2D eigenvalue weighted by Gasteiger charge is -2.24. The smallest absolute Gasteiger partial charge is 0.138 e. The summed E-state index contributed by atoms with van der Waals surface area (Å²) in [5.74, 6) is 1.07. The van der Waals surface area contributed by atoms with Crippen molar-refractivity contribution in [1.82, 2.24) is 14.8 Å². The largest absolute Gasteiger partial charge is 0.381 e. The van der Waals surface area contributed by atoms with Gasteiger partial charge in [-0.1, -0.05) is 15.9 Å². The number of alkyl halides is 1. The molecule has 16 heavy (non-hydrogen) atoms. The minimum Gasteiger partial charge on any atom is -0.381 e. The molecule has 0 spiro atoms. The molecular formula is C11H18BrN3O. The highest BCUT2D eigenvalue weighted by Gasteiger charge is 2.35. The summed E-state index contributed by atoms with van der Waals surface area (Å²) in [7, 11) is 0. The molecule has 1 saturated heterocycles. The molecule has 2 rings (SSSR count). The molecule has 1 aliphatic heterocycles. The van der Waals surface area contributed by atoms with Gasteiger partial charge in [0.25, 0.3) is 0 Å². The molecule has 0 aromatic carbocycles. The molecule has 1 aromatic heterocycles. The maximum Gasteiger partial charge on any atom is 0.138 e. The summed E-state index contributed by atoms with van der Waals surface area (Å²) in [6.07, 6.45) is 3.69. The van der Waals surface area contributed by atoms with Crippen LogP contribution in [0.15, 0.2) is 6.33 Å². The molecule has 1 fully saturated rings. The Labute approximate surface area is 105 Å². The van der Waals surface area contributed by atoms with Crippen LogP contribution in [0.3, 0.4) is 0 Å². The van der Waals surface area contributed by atoms with Crippen molar-refractivity contribution in [2.75, 3.05) is 18.5 Å². The summed E-state index contributed by atoms with van der Waals surface area (Å²) < 4.78 is 7.52. The van der Waals surface area contributed by atoms with Crippen LogP contribution in [0.5, 0.6) is 0 Å². The number of ether oxygens (including phenoxy) is 1. The number of hydrogen-bond donors (Lipinski definition) is 0. The van der Waals surface area contributed by atoms with Gasteiger partial charge in [-0.05, 0) is 20.3 Å². The summed E-state index contributed by atoms with van der Waals surface area (Å²) in [5, 5.41) is 5.24. The second-order valence-electron chi connectivity index (χ2n) is 4.83. The fourth-order valence-corrected chi connectivity index (χ4v) is 2.75. The molecule has 0 N–H and O–H groups in total. The first-order valence-corrected chi connectivity index (χ1v) is 6.81. The van der Waals surface area contributed by atoms with Crippen molar-refractivity contribution >= 4 is 15.9 Å². The van der Waals surface area contributed by atoms with Crippen LogP contribution in [0.2, 0.25) is 0 Å². The van der Waals surface area contributed by atoms with Crippen LogP contribution < -0.4 is 0 Å². The van der Waals surface area contributed by atoms with Gasteiger partial charge in [0.2, 0.25) is 0 Å². The summed E-state index contributed by atoms with van der Waals surface area (Å²) >= 11 is 3.60. The fraction of sp³-hybridized carbons (Fsp3) is 0.818. The Bertz CT molecular complexity index is 345. The minimum absolute atomic E-state index is 0.208. The third kappa shape index (κ3) is 2.30. The normalized spacial score (nSPS) is 25.5. The summed E-state index contributed by atoms with van der Waals surface area (Å²) in [5.41, 5.74) is 0.208. The predicted molar refractivity (Wildman–Crippen MR) is 65.8 cm³/mol. The second kappa shape index (κ2) is 4.84. The molecule has 90 valence electrons. The molecule has 1 aliphatic rings. The van der Waals surface area contributed by atoms with Crippen LogP contribution in [0.25, 0.3) is 0 Å². The van der Waals surface area contributed by atoms with Gasteiger partial charge in [-0.2, -0.15) is 5.10 Å². The van der Waals surface area contributed by atoms with Gasteiger partial charge in [-0.3, -0.25) is 0 Å². The van der Waals surface area contributed by atoms with Crippen molar-refractivity contribution in [3.05, 3.63) is 12.2 Å². The van der Waals surface area contributed by atoms with E-state index in [-0.39, 0.29) is 5.41 Å². The first-order valence-electron chi connectivity index (χ1n) is 5.69. The Morgan fingerprint density at radius 2 is 2.44 bits per heavy atom. The molecule has 2 heterocycles. The Morgan fingerprint density at radius 3 is 3.00 bits per heavy atom. The third-order valence-corrected chi connectivity index (χ3v) is 4.33. The van der Waals surface area contributed by atoms with E-state index in [1.54, 1.807) is 6.33 Å². The molecular weight excluding hydrogens is 270 g/mol. The molecule has 0 bridgehead atoms. The number of aromatic nitrogens is 3. The van der Waals surface area contributed by atoms with E-state index in [0.717, 1.165) is 37.2 Å². The maximum absolute atomic E-state index is 5.51. The summed E-state index contributed by atoms with van der Waals surface area (Å²) in [4.78, 5) is 4.37. The van der Waals surface area contributed by atoms with Crippen molar-refractivity contribution in [3.8, 4) is 0 Å². The van der Waals surface area contributed by atoms with E-state index in [0.29, 0.717) is 6.04 Å². The predicted octanol–water partition coefficient (Wildman–Crippen LogP) is 2.20. The highest BCUT2D eigenvalue weighted by Crippen LogP contribution is 2.34. The van der Waals surface area contributed by atoms with Crippen LogP contribution >= 0.6 is 15.9 Å². The summed E-state index contributed by atoms with van der Waals surface area (Å²) in [6, 6.07) is 0.368. The quantitative estimate of drug-likeness (QED) is 0.797. The molecule has 0 saturated carbocycles. The van der Waals surface area contributed by atoms with E-state index in [4.69, 9.17) is 4.74 Å². The van der Waals surface area contributed by atoms with E-state index >= 15 is 0 Å². The fourth-order valence-electron chi connectivity index (χ4n) is 2.11. The maximum atomic E-state index is 5.51. The first kappa shape index (κ1) is 12.0. The van der Waals surface area contributed by atoms with Gasteiger partial charge >= 0.3 is 0 Å². The van der Waals surface area contributed by atoms with Crippen LogP contribution in [-0.2, 0) is 11.2 Å². The van der Waals surface area contributed by atoms with E-state index in [1.165, 1.54) is 0 Å². The topological polar surface area (TPSA) is 39.9 Å². The lowest BCUT2D eigenvalue weighted by Crippen LogP contribution is -2.28. The van der Waals surface area contributed by atoms with E-state index in [2.05, 4.69) is 39.9 Å². The van der Waals surface area contributed by atoms with Gasteiger partial charge in [-0.25, -0.2) is 9.67 Å². The zero-order valence-electron chi connectivity index (χ0n) is 9.82. The van der Waals surface area contributed by atoms with Gasteiger partial charge in [0, 0.05) is 29.8 Å². The number of rotatable bonds is 4. The summed E-state index contributed by atoms with van der Waals surface area (Å²) in [6.45, 7) is 5.94. The number of nitrogens with zero attached hydrogens (tertiary/aromatic N) is 3. The molecule has 0 radical (unpaired) electrons. The van der Waals surface area contributed by atoms with Crippen molar-refractivity contribution in [3.63, 3.8) is 0 Å². The van der Waals surface area contributed by atoms with Gasteiger partial charge in [0.05, 0.1) is 6.61 Å². The van der Waals surface area contributed by atoms with Crippen LogP contribution in [0, 0.1) is 5.41 Å². The highest BCUT2D eigenvalue weighted by atomic mass is 79.9. The Balaban J connectivity index is 2.16. The average molecular weight is 288 g/mol. The van der Waals surface area contributed by atoms with Crippen LogP contribution in [-0.4, -0.2) is 33.3 Å². The minimum atomic E-state index is 0.208. The lowest BCUT2D eigenvalue weighted by molar-refractivity contribution is 0.160. The molecule has 4 nitrogen and oxygen atoms in total. The molecule has 1 aromatic rings. The SMILES string of the molecule is CC(C)n1ncnc1CC1(CBr)CCOC1. The van der Waals surface area contributed by atoms with Gasteiger partial charge < -0.3 is 4.74 Å². The molecule has 0 aliphatic carbocycles. The third-order valence-electron chi connectivity index (χ3n) is 3.14. The second-order valence-corrected chi connectivity index (χ2v) is 5.39. The Morgan fingerprint density at radius 1 is 1.62 bits per heavy atom. The Hall–Kier alpha value is -0.420. The highest BCUT2D eigenvalue weighted by molar-refractivity contribution is 9.09. The molecule has 1 atom stereocenters. The molecule has 0 amide bonds. The standard InChI is InChI=1S/C11H18BrN3O/c1-9(2)15-10(13-8-14-15)5-11(6-12)3-4-16-7-11/h8-9H,3-7H2,1-2H3. The van der Waals surface area contributed by atoms with Crippen molar-refractivity contribution in [2.24, 2.45) is 5.41 Å². The van der Waals surface area contributed by atoms with Gasteiger partial charge in [0.1, 0.15) is 12.2 Å².